The van der Waals surface area contributed by atoms with Gasteiger partial charge in [-0.15, -0.1) is 0 Å². The molecule has 5 nitrogen and oxygen atoms in total. The number of nitrogens with zero attached hydrogens (tertiary/aromatic N) is 1. The maximum atomic E-state index is 12.0. The molecule has 1 aromatic carbocycles. The maximum absolute atomic E-state index is 12.0. The maximum Gasteiger partial charge on any atom is 0.358 e. The van der Waals surface area contributed by atoms with E-state index in [1.165, 1.54) is 25.1 Å². The Morgan fingerprint density at radius 2 is 1.77 bits per heavy atom. The average Bonchev–Trinajstić information content (AvgIpc) is 2.71. The summed E-state index contributed by atoms with van der Waals surface area (Å²) in [6.45, 7) is 6.98. The van der Waals surface area contributed by atoms with Gasteiger partial charge in [-0.1, -0.05) is 43.5 Å². The van der Waals surface area contributed by atoms with Gasteiger partial charge in [-0.2, -0.15) is 0 Å². The van der Waals surface area contributed by atoms with Crippen molar-refractivity contribution in [3.8, 4) is 0 Å². The molecule has 138 valence electrons. The molecule has 0 unspecified atom stereocenters. The number of methoxy groups -OCH3 is 1. The molecule has 0 bridgehead atoms. The topological polar surface area (TPSA) is 55.8 Å². The molecule has 0 spiro atoms. The summed E-state index contributed by atoms with van der Waals surface area (Å²) >= 11 is 0. The zero-order chi connectivity index (χ0) is 18.9. The number of carbonyl (C=O) groups excluding carboxylic acids is 2. The average molecular weight is 355 g/mol. The van der Waals surface area contributed by atoms with Crippen LogP contribution in [0.2, 0.25) is 0 Å². The van der Waals surface area contributed by atoms with Crippen LogP contribution in [-0.2, 0) is 19.1 Å². The lowest BCUT2D eigenvalue weighted by atomic mass is 9.83. The normalized spacial score (nSPS) is 20.0. The van der Waals surface area contributed by atoms with Gasteiger partial charge >= 0.3 is 5.97 Å². The predicted molar refractivity (Wildman–Crippen MR) is 99.9 cm³/mol. The number of esters is 1. The molecule has 1 saturated carbocycles. The van der Waals surface area contributed by atoms with Crippen molar-refractivity contribution in [2.24, 2.45) is 0 Å². The van der Waals surface area contributed by atoms with Crippen LogP contribution in [-0.4, -0.2) is 30.0 Å². The van der Waals surface area contributed by atoms with Crippen molar-refractivity contribution in [2.45, 2.75) is 37.7 Å². The summed E-state index contributed by atoms with van der Waals surface area (Å²) in [6, 6.07) is 10.5. The second kappa shape index (κ2) is 9.61. The summed E-state index contributed by atoms with van der Waals surface area (Å²) in [5.41, 5.74) is 1.34. The zero-order valence-corrected chi connectivity index (χ0v) is 15.1. The highest BCUT2D eigenvalue weighted by Gasteiger charge is 2.25. The van der Waals surface area contributed by atoms with Gasteiger partial charge in [0.05, 0.1) is 13.2 Å². The Morgan fingerprint density at radius 3 is 2.31 bits per heavy atom. The molecule has 0 radical (unpaired) electrons. The minimum Gasteiger partial charge on any atom is -0.496 e. The molecule has 0 saturated heterocycles. The fourth-order valence-corrected chi connectivity index (χ4v) is 3.13. The van der Waals surface area contributed by atoms with Crippen LogP contribution in [0.4, 0.5) is 0 Å². The molecular formula is C21H25NO4. The van der Waals surface area contributed by atoms with Crippen LogP contribution in [0.3, 0.4) is 0 Å². The van der Waals surface area contributed by atoms with Crippen molar-refractivity contribution in [3.05, 3.63) is 73.3 Å². The van der Waals surface area contributed by atoms with Crippen molar-refractivity contribution in [3.63, 3.8) is 0 Å². The highest BCUT2D eigenvalue weighted by Crippen LogP contribution is 2.34. The van der Waals surface area contributed by atoms with E-state index in [4.69, 9.17) is 9.47 Å². The number of carbonyl (C=O) groups is 2. The van der Waals surface area contributed by atoms with Crippen molar-refractivity contribution < 1.29 is 19.1 Å². The van der Waals surface area contributed by atoms with Crippen molar-refractivity contribution >= 4 is 11.9 Å². The van der Waals surface area contributed by atoms with Gasteiger partial charge in [0.2, 0.25) is 0 Å². The van der Waals surface area contributed by atoms with Crippen LogP contribution in [0, 0.1) is 0 Å². The van der Waals surface area contributed by atoms with Crippen molar-refractivity contribution in [1.29, 1.82) is 0 Å². The molecular weight excluding hydrogens is 330 g/mol. The van der Waals surface area contributed by atoms with Crippen molar-refractivity contribution in [1.82, 2.24) is 4.90 Å². The summed E-state index contributed by atoms with van der Waals surface area (Å²) in [6.07, 6.45) is 7.44. The smallest absolute Gasteiger partial charge is 0.358 e. The molecule has 0 N–H and O–H groups in total. The summed E-state index contributed by atoms with van der Waals surface area (Å²) < 4.78 is 10.5. The van der Waals surface area contributed by atoms with E-state index < -0.39 is 11.9 Å². The largest absolute Gasteiger partial charge is 0.496 e. The minimum atomic E-state index is -0.668. The summed E-state index contributed by atoms with van der Waals surface area (Å²) in [5, 5.41) is 0. The first kappa shape index (κ1) is 19.5. The molecule has 1 fully saturated rings. The third-order valence-electron chi connectivity index (χ3n) is 4.57. The van der Waals surface area contributed by atoms with E-state index in [1.54, 1.807) is 0 Å². The van der Waals surface area contributed by atoms with Gasteiger partial charge in [0, 0.05) is 6.20 Å². The van der Waals surface area contributed by atoms with Crippen LogP contribution >= 0.6 is 0 Å². The van der Waals surface area contributed by atoms with E-state index in [-0.39, 0.29) is 11.8 Å². The fourth-order valence-electron chi connectivity index (χ4n) is 3.13. The summed E-state index contributed by atoms with van der Waals surface area (Å²) in [7, 11) is 1.25. The second-order valence-electron chi connectivity index (χ2n) is 6.11. The standard InChI is InChI=1S/C21H25NO4/c1-4-20(23)22(5-2)19(21(24)25-3)15-26-18-13-11-17(12-14-18)16-9-7-6-8-10-16/h4-10,15,17-18H,1-2,11-14H2,3H3/b19-15-. The Labute approximate surface area is 154 Å². The first-order valence-corrected chi connectivity index (χ1v) is 8.67. The monoisotopic (exact) mass is 355 g/mol. The number of ether oxygens (including phenoxy) is 2. The number of benzene rings is 1. The predicted octanol–water partition coefficient (Wildman–Crippen LogP) is 3.90. The molecule has 26 heavy (non-hydrogen) atoms. The van der Waals surface area contributed by atoms with Gasteiger partial charge in [-0.3, -0.25) is 9.69 Å². The Bertz CT molecular complexity index is 673. The summed E-state index contributed by atoms with van der Waals surface area (Å²) in [4.78, 5) is 24.9. The highest BCUT2D eigenvalue weighted by molar-refractivity contribution is 5.97. The highest BCUT2D eigenvalue weighted by atomic mass is 16.5. The molecule has 1 aliphatic carbocycles. The Hall–Kier alpha value is -2.82. The third kappa shape index (κ3) is 4.85. The number of hydrogen-bond acceptors (Lipinski definition) is 4. The van der Waals surface area contributed by atoms with E-state index in [0.717, 1.165) is 36.7 Å². The lowest BCUT2D eigenvalue weighted by Crippen LogP contribution is -2.29. The number of amides is 1. The fraction of sp³-hybridized carbons (Fsp3) is 0.333. The van der Waals surface area contributed by atoms with Gasteiger partial charge in [-0.25, -0.2) is 4.79 Å². The van der Waals surface area contributed by atoms with Gasteiger partial charge < -0.3 is 9.47 Å². The van der Waals surface area contributed by atoms with Crippen molar-refractivity contribution in [2.75, 3.05) is 7.11 Å². The van der Waals surface area contributed by atoms with Crippen LogP contribution in [0.25, 0.3) is 0 Å². The number of hydrogen-bond donors (Lipinski definition) is 0. The Balaban J connectivity index is 2.01. The van der Waals surface area contributed by atoms with E-state index in [1.807, 2.05) is 6.07 Å². The van der Waals surface area contributed by atoms with E-state index in [9.17, 15) is 9.59 Å². The van der Waals surface area contributed by atoms with E-state index in [0.29, 0.717) is 5.92 Å². The van der Waals surface area contributed by atoms with Gasteiger partial charge in [-0.05, 0) is 43.2 Å². The third-order valence-corrected chi connectivity index (χ3v) is 4.57. The van der Waals surface area contributed by atoms with Gasteiger partial charge in [0.15, 0.2) is 5.70 Å². The first-order chi connectivity index (χ1) is 12.6. The lowest BCUT2D eigenvalue weighted by molar-refractivity contribution is -0.140. The quantitative estimate of drug-likeness (QED) is 0.423. The Kier molecular flexibility index (Phi) is 7.21. The summed E-state index contributed by atoms with van der Waals surface area (Å²) in [5.74, 6) is -0.613. The molecule has 5 heteroatoms. The Morgan fingerprint density at radius 1 is 1.12 bits per heavy atom. The molecule has 1 amide bonds. The molecule has 0 aliphatic heterocycles. The van der Waals surface area contributed by atoms with E-state index >= 15 is 0 Å². The minimum absolute atomic E-state index is 0.000108. The molecule has 0 aromatic heterocycles. The lowest BCUT2D eigenvalue weighted by Gasteiger charge is -2.28. The van der Waals surface area contributed by atoms with Gasteiger partial charge in [0.1, 0.15) is 6.26 Å². The zero-order valence-electron chi connectivity index (χ0n) is 15.1. The molecule has 1 aromatic rings. The molecule has 0 heterocycles. The first-order valence-electron chi connectivity index (χ1n) is 8.67. The SMILES string of the molecule is C=CC(=O)N(C=C)/C(=C\OC1CCC(c2ccccc2)CC1)C(=O)OC. The van der Waals surface area contributed by atoms with Crippen LogP contribution in [0.15, 0.2) is 67.7 Å². The second-order valence-corrected chi connectivity index (χ2v) is 6.11. The van der Waals surface area contributed by atoms with Crippen LogP contribution < -0.4 is 0 Å². The molecule has 1 aliphatic rings. The molecule has 2 rings (SSSR count). The number of rotatable bonds is 7. The van der Waals surface area contributed by atoms with Crippen LogP contribution in [0.1, 0.15) is 37.2 Å². The molecule has 0 atom stereocenters. The van der Waals surface area contributed by atoms with Crippen LogP contribution in [0.5, 0.6) is 0 Å². The van der Waals surface area contributed by atoms with E-state index in [2.05, 4.69) is 37.4 Å². The van der Waals surface area contributed by atoms with Gasteiger partial charge in [0.25, 0.3) is 5.91 Å².